The lowest BCUT2D eigenvalue weighted by molar-refractivity contribution is -0.167. The summed E-state index contributed by atoms with van der Waals surface area (Å²) < 4.78 is 16.7. The Balaban J connectivity index is 4.57. The molecule has 0 saturated carbocycles. The van der Waals surface area contributed by atoms with Crippen LogP contribution in [0.2, 0.25) is 0 Å². The lowest BCUT2D eigenvalue weighted by Gasteiger charge is -2.18. The molecule has 0 spiro atoms. The zero-order chi connectivity index (χ0) is 45.8. The van der Waals surface area contributed by atoms with Crippen LogP contribution in [0.25, 0.3) is 0 Å². The van der Waals surface area contributed by atoms with Gasteiger partial charge in [0.1, 0.15) is 13.2 Å². The van der Waals surface area contributed by atoms with Gasteiger partial charge in [-0.2, -0.15) is 0 Å². The maximum absolute atomic E-state index is 12.8. The second kappa shape index (κ2) is 50.5. The molecule has 6 nitrogen and oxygen atoms in total. The fraction of sp³-hybridized carbons (Fsp3) is 0.596. The van der Waals surface area contributed by atoms with Crippen molar-refractivity contribution in [2.24, 2.45) is 0 Å². The lowest BCUT2D eigenvalue weighted by atomic mass is 10.1. The first-order valence-electron chi connectivity index (χ1n) is 25.2. The van der Waals surface area contributed by atoms with Crippen LogP contribution < -0.4 is 0 Å². The molecule has 0 aromatic carbocycles. The van der Waals surface area contributed by atoms with Gasteiger partial charge in [0, 0.05) is 19.3 Å². The Morgan fingerprint density at radius 3 is 1.13 bits per heavy atom. The van der Waals surface area contributed by atoms with Crippen LogP contribution in [0.3, 0.4) is 0 Å². The normalized spacial score (nSPS) is 13.1. The SMILES string of the molecule is CC\C=C/C=C\C=C/C=C\C=C/CCCC(=O)OCC(COC(=O)CCCCCCC\C=C/C=C\C=C/C=C\CCCCC)OC(=O)CCCCC/C=C\CCCCCCCCC. The highest BCUT2D eigenvalue weighted by Crippen LogP contribution is 2.12. The molecule has 1 unspecified atom stereocenters. The summed E-state index contributed by atoms with van der Waals surface area (Å²) >= 11 is 0. The van der Waals surface area contributed by atoms with Gasteiger partial charge in [-0.05, 0) is 83.5 Å². The lowest BCUT2D eigenvalue weighted by Crippen LogP contribution is -2.30. The third-order valence-corrected chi connectivity index (χ3v) is 10.1. The second-order valence-corrected chi connectivity index (χ2v) is 16.2. The fourth-order valence-corrected chi connectivity index (χ4v) is 6.36. The third kappa shape index (κ3) is 48.7. The molecule has 0 fully saturated rings. The van der Waals surface area contributed by atoms with E-state index in [9.17, 15) is 14.4 Å². The Morgan fingerprint density at radius 1 is 0.333 bits per heavy atom. The largest absolute Gasteiger partial charge is 0.462 e. The quantitative estimate of drug-likeness (QED) is 0.0200. The van der Waals surface area contributed by atoms with Crippen LogP contribution in [0, 0.1) is 0 Å². The monoisotopic (exact) mass is 871 g/mol. The molecule has 0 bridgehead atoms. The summed E-state index contributed by atoms with van der Waals surface area (Å²) in [6.07, 6.45) is 69.0. The van der Waals surface area contributed by atoms with E-state index in [2.05, 4.69) is 87.6 Å². The Hall–Kier alpha value is -4.19. The maximum atomic E-state index is 12.8. The zero-order valence-corrected chi connectivity index (χ0v) is 40.3. The van der Waals surface area contributed by atoms with E-state index in [0.717, 1.165) is 89.9 Å². The second-order valence-electron chi connectivity index (χ2n) is 16.2. The highest BCUT2D eigenvalue weighted by molar-refractivity contribution is 5.71. The number of rotatable bonds is 43. The number of hydrogen-bond donors (Lipinski definition) is 0. The predicted octanol–water partition coefficient (Wildman–Crippen LogP) is 16.5. The first-order chi connectivity index (χ1) is 31.0. The first-order valence-corrected chi connectivity index (χ1v) is 25.2. The van der Waals surface area contributed by atoms with Crippen LogP contribution >= 0.6 is 0 Å². The van der Waals surface area contributed by atoms with Crippen LogP contribution in [-0.2, 0) is 28.6 Å². The van der Waals surface area contributed by atoms with Gasteiger partial charge in [-0.15, -0.1) is 0 Å². The highest BCUT2D eigenvalue weighted by Gasteiger charge is 2.19. The molecule has 0 aliphatic heterocycles. The van der Waals surface area contributed by atoms with E-state index in [1.807, 2.05) is 54.7 Å². The van der Waals surface area contributed by atoms with E-state index < -0.39 is 6.10 Å². The van der Waals surface area contributed by atoms with Crippen molar-refractivity contribution >= 4 is 17.9 Å². The first kappa shape index (κ1) is 58.8. The molecule has 0 aliphatic carbocycles. The molecule has 0 N–H and O–H groups in total. The Labute approximate surface area is 386 Å². The maximum Gasteiger partial charge on any atom is 0.306 e. The number of unbranched alkanes of at least 4 members (excludes halogenated alkanes) is 19. The summed E-state index contributed by atoms with van der Waals surface area (Å²) in [6, 6.07) is 0. The smallest absolute Gasteiger partial charge is 0.306 e. The van der Waals surface area contributed by atoms with Crippen molar-refractivity contribution in [2.75, 3.05) is 13.2 Å². The molecule has 0 heterocycles. The Kier molecular flexibility index (Phi) is 47.1. The molecule has 0 amide bonds. The van der Waals surface area contributed by atoms with Crippen molar-refractivity contribution in [1.82, 2.24) is 0 Å². The summed E-state index contributed by atoms with van der Waals surface area (Å²) in [7, 11) is 0. The number of allylic oxidation sites excluding steroid dienone is 20. The number of carbonyl (C=O) groups excluding carboxylic acids is 3. The minimum atomic E-state index is -0.827. The summed E-state index contributed by atoms with van der Waals surface area (Å²) in [4.78, 5) is 37.9. The van der Waals surface area contributed by atoms with Crippen molar-refractivity contribution in [3.05, 3.63) is 122 Å². The summed E-state index contributed by atoms with van der Waals surface area (Å²) in [6.45, 7) is 6.33. The van der Waals surface area contributed by atoms with Crippen LogP contribution in [0.1, 0.15) is 201 Å². The van der Waals surface area contributed by atoms with Crippen LogP contribution in [0.4, 0.5) is 0 Å². The standard InChI is InChI=1S/C57H90O6/c1-4-7-10-13-16-19-22-25-27-28-29-30-33-35-38-41-44-47-50-56(59)62-53-54(52-61-55(58)49-46-43-40-37-34-31-24-21-18-15-12-9-6-3)63-57(60)51-48-45-42-39-36-32-26-23-20-17-14-11-8-5-2/h9,12,15-16,18-19,21-22,24-25,27-32,34,36-37,40,54H,4-8,10-11,13-14,17,20,23,26,33,35,38-39,41-53H2,1-3H3/b12-9-,18-15-,19-16-,24-21-,25-22-,28-27-,30-29-,34-31-,36-32-,40-37-. The molecule has 6 heteroatoms. The van der Waals surface area contributed by atoms with Gasteiger partial charge in [0.25, 0.3) is 0 Å². The minimum Gasteiger partial charge on any atom is -0.462 e. The van der Waals surface area contributed by atoms with Crippen molar-refractivity contribution < 1.29 is 28.6 Å². The number of ether oxygens (including phenoxy) is 3. The molecule has 63 heavy (non-hydrogen) atoms. The van der Waals surface area contributed by atoms with E-state index in [0.29, 0.717) is 12.8 Å². The van der Waals surface area contributed by atoms with E-state index in [1.165, 1.54) is 64.2 Å². The Morgan fingerprint density at radius 2 is 0.651 bits per heavy atom. The van der Waals surface area contributed by atoms with Crippen LogP contribution in [0.15, 0.2) is 122 Å². The summed E-state index contributed by atoms with van der Waals surface area (Å²) in [5.41, 5.74) is 0. The highest BCUT2D eigenvalue weighted by atomic mass is 16.6. The van der Waals surface area contributed by atoms with Crippen molar-refractivity contribution in [3.8, 4) is 0 Å². The van der Waals surface area contributed by atoms with Gasteiger partial charge in [-0.1, -0.05) is 219 Å². The van der Waals surface area contributed by atoms with Crippen molar-refractivity contribution in [3.63, 3.8) is 0 Å². The fourth-order valence-electron chi connectivity index (χ4n) is 6.36. The molecule has 0 saturated heterocycles. The van der Waals surface area contributed by atoms with Gasteiger partial charge in [0.05, 0.1) is 0 Å². The Bertz CT molecular complexity index is 1370. The van der Waals surface area contributed by atoms with E-state index in [1.54, 1.807) is 0 Å². The van der Waals surface area contributed by atoms with Crippen molar-refractivity contribution in [2.45, 2.75) is 207 Å². The molecule has 354 valence electrons. The number of hydrogen-bond acceptors (Lipinski definition) is 6. The minimum absolute atomic E-state index is 0.123. The summed E-state index contributed by atoms with van der Waals surface area (Å²) in [5, 5.41) is 0. The van der Waals surface area contributed by atoms with Crippen molar-refractivity contribution in [1.29, 1.82) is 0 Å². The molecule has 0 aliphatic rings. The molecule has 0 radical (unpaired) electrons. The number of carbonyl (C=O) groups is 3. The van der Waals surface area contributed by atoms with Gasteiger partial charge in [-0.3, -0.25) is 14.4 Å². The third-order valence-electron chi connectivity index (χ3n) is 10.1. The molecular formula is C57H90O6. The molecule has 0 aromatic rings. The van der Waals surface area contributed by atoms with Crippen LogP contribution in [-0.4, -0.2) is 37.2 Å². The van der Waals surface area contributed by atoms with Gasteiger partial charge in [0.2, 0.25) is 0 Å². The number of esters is 3. The van der Waals surface area contributed by atoms with Gasteiger partial charge in [-0.25, -0.2) is 0 Å². The zero-order valence-electron chi connectivity index (χ0n) is 40.3. The van der Waals surface area contributed by atoms with E-state index in [4.69, 9.17) is 14.2 Å². The summed E-state index contributed by atoms with van der Waals surface area (Å²) in [5.74, 6) is -1.04. The van der Waals surface area contributed by atoms with Gasteiger partial charge >= 0.3 is 17.9 Å². The van der Waals surface area contributed by atoms with Crippen LogP contribution in [0.5, 0.6) is 0 Å². The van der Waals surface area contributed by atoms with Gasteiger partial charge < -0.3 is 14.2 Å². The van der Waals surface area contributed by atoms with E-state index in [-0.39, 0.29) is 44.0 Å². The molecule has 0 rings (SSSR count). The molecule has 0 aromatic heterocycles. The average molecular weight is 871 g/mol. The van der Waals surface area contributed by atoms with E-state index >= 15 is 0 Å². The average Bonchev–Trinajstić information content (AvgIpc) is 3.28. The topological polar surface area (TPSA) is 78.9 Å². The molecule has 1 atom stereocenters. The van der Waals surface area contributed by atoms with Gasteiger partial charge in [0.15, 0.2) is 6.10 Å². The predicted molar refractivity (Wildman–Crippen MR) is 269 cm³/mol. The molecular weight excluding hydrogens is 781 g/mol.